The normalized spacial score (nSPS) is 11.8. The predicted octanol–water partition coefficient (Wildman–Crippen LogP) is 8.88. The van der Waals surface area contributed by atoms with E-state index in [4.69, 9.17) is 0 Å². The highest BCUT2D eigenvalue weighted by Gasteiger charge is 1.95. The van der Waals surface area contributed by atoms with Crippen molar-refractivity contribution < 1.29 is 0 Å². The summed E-state index contributed by atoms with van der Waals surface area (Å²) in [6, 6.07) is 37.5. The summed E-state index contributed by atoms with van der Waals surface area (Å²) in [4.78, 5) is 0. The summed E-state index contributed by atoms with van der Waals surface area (Å²) in [5.41, 5.74) is 6.88. The third kappa shape index (κ3) is 7.37. The van der Waals surface area contributed by atoms with Crippen molar-refractivity contribution in [2.24, 2.45) is 0 Å². The second-order valence-corrected chi connectivity index (χ2v) is 7.63. The first kappa shape index (κ1) is 21.9. The first-order valence-electron chi connectivity index (χ1n) is 11.1. The molecule has 33 heavy (non-hydrogen) atoms. The summed E-state index contributed by atoms with van der Waals surface area (Å²) in [7, 11) is 0. The van der Waals surface area contributed by atoms with E-state index in [1.165, 1.54) is 22.3 Å². The van der Waals surface area contributed by atoms with Crippen LogP contribution < -0.4 is 5.32 Å². The molecule has 0 heterocycles. The average molecular weight is 426 g/mol. The van der Waals surface area contributed by atoms with Crippen LogP contribution in [0.4, 0.5) is 11.4 Å². The molecule has 160 valence electrons. The van der Waals surface area contributed by atoms with Crippen LogP contribution in [0.1, 0.15) is 22.3 Å². The molecule has 0 spiro atoms. The van der Waals surface area contributed by atoms with Crippen molar-refractivity contribution in [1.29, 1.82) is 0 Å². The van der Waals surface area contributed by atoms with Crippen LogP contribution in [0.3, 0.4) is 0 Å². The number of benzene rings is 4. The van der Waals surface area contributed by atoms with Crippen LogP contribution in [-0.2, 0) is 0 Å². The minimum absolute atomic E-state index is 1.07. The van der Waals surface area contributed by atoms with Crippen molar-refractivity contribution in [3.05, 3.63) is 156 Å². The molecule has 4 rings (SSSR count). The molecule has 1 nitrogen and oxygen atoms in total. The number of anilines is 2. The van der Waals surface area contributed by atoms with Gasteiger partial charge in [0, 0.05) is 11.4 Å². The van der Waals surface area contributed by atoms with Crippen LogP contribution in [-0.4, -0.2) is 0 Å². The zero-order chi connectivity index (χ0) is 22.6. The highest BCUT2D eigenvalue weighted by atomic mass is 14.9. The molecule has 0 fully saturated rings. The number of nitrogens with one attached hydrogen (secondary N) is 1. The maximum atomic E-state index is 3.46. The van der Waals surface area contributed by atoms with Gasteiger partial charge in [0.05, 0.1) is 0 Å². The lowest BCUT2D eigenvalue weighted by Gasteiger charge is -2.07. The number of rotatable bonds is 8. The molecule has 0 aliphatic rings. The van der Waals surface area contributed by atoms with Crippen LogP contribution in [0.15, 0.2) is 133 Å². The Morgan fingerprint density at radius 2 is 0.636 bits per heavy atom. The summed E-state index contributed by atoms with van der Waals surface area (Å²) < 4.78 is 0. The molecule has 4 aromatic rings. The third-order valence-corrected chi connectivity index (χ3v) is 5.09. The van der Waals surface area contributed by atoms with E-state index in [-0.39, 0.29) is 0 Å². The largest absolute Gasteiger partial charge is 0.356 e. The van der Waals surface area contributed by atoms with Crippen molar-refractivity contribution in [1.82, 2.24) is 0 Å². The Morgan fingerprint density at radius 1 is 0.333 bits per heavy atom. The van der Waals surface area contributed by atoms with E-state index in [0.717, 1.165) is 11.4 Å². The summed E-state index contributed by atoms with van der Waals surface area (Å²) >= 11 is 0. The fourth-order valence-corrected chi connectivity index (χ4v) is 3.32. The molecular formula is C32H27N. The van der Waals surface area contributed by atoms with E-state index in [0.29, 0.717) is 0 Å². The minimum Gasteiger partial charge on any atom is -0.356 e. The highest BCUT2D eigenvalue weighted by molar-refractivity contribution is 5.65. The van der Waals surface area contributed by atoms with Gasteiger partial charge in [-0.25, -0.2) is 0 Å². The Balaban J connectivity index is 1.28. The summed E-state index contributed by atoms with van der Waals surface area (Å²) in [5.74, 6) is 0. The monoisotopic (exact) mass is 425 g/mol. The van der Waals surface area contributed by atoms with Gasteiger partial charge in [0.25, 0.3) is 0 Å². The van der Waals surface area contributed by atoms with Gasteiger partial charge in [-0.15, -0.1) is 0 Å². The maximum absolute atomic E-state index is 3.46. The lowest BCUT2D eigenvalue weighted by Crippen LogP contribution is -1.89. The van der Waals surface area contributed by atoms with Crippen molar-refractivity contribution in [2.75, 3.05) is 5.32 Å². The van der Waals surface area contributed by atoms with Gasteiger partial charge in [-0.1, -0.05) is 134 Å². The SMILES string of the molecule is C(/C=C/c1ccc(Nc2ccc(/C=C/C=C/c3ccccc3)cc2)cc1)=C\c1ccccc1. The smallest absolute Gasteiger partial charge is 0.0384 e. The van der Waals surface area contributed by atoms with Crippen molar-refractivity contribution in [3.63, 3.8) is 0 Å². The van der Waals surface area contributed by atoms with Gasteiger partial charge < -0.3 is 5.32 Å². The van der Waals surface area contributed by atoms with E-state index < -0.39 is 0 Å². The molecule has 0 radical (unpaired) electrons. The minimum atomic E-state index is 1.07. The quantitative estimate of drug-likeness (QED) is 0.278. The summed E-state index contributed by atoms with van der Waals surface area (Å²) in [6.45, 7) is 0. The summed E-state index contributed by atoms with van der Waals surface area (Å²) in [5, 5.41) is 3.46. The Labute approximate surface area is 196 Å². The molecule has 4 aromatic carbocycles. The number of allylic oxidation sites excluding steroid dienone is 4. The molecule has 0 amide bonds. The third-order valence-electron chi connectivity index (χ3n) is 5.09. The Hall–Kier alpha value is -4.36. The zero-order valence-electron chi connectivity index (χ0n) is 18.5. The van der Waals surface area contributed by atoms with Crippen LogP contribution in [0.25, 0.3) is 24.3 Å². The fourth-order valence-electron chi connectivity index (χ4n) is 3.32. The van der Waals surface area contributed by atoms with E-state index in [9.17, 15) is 0 Å². The van der Waals surface area contributed by atoms with Gasteiger partial charge in [0.1, 0.15) is 0 Å². The van der Waals surface area contributed by atoms with E-state index in [1.807, 2.05) is 36.4 Å². The van der Waals surface area contributed by atoms with Crippen LogP contribution in [0.2, 0.25) is 0 Å². The molecule has 0 aliphatic heterocycles. The van der Waals surface area contributed by atoms with E-state index in [1.54, 1.807) is 0 Å². The molecular weight excluding hydrogens is 398 g/mol. The Bertz CT molecular complexity index is 1130. The van der Waals surface area contributed by atoms with Gasteiger partial charge in [-0.05, 0) is 46.5 Å². The Kier molecular flexibility index (Phi) is 7.87. The number of hydrogen-bond donors (Lipinski definition) is 1. The molecule has 0 saturated carbocycles. The second kappa shape index (κ2) is 11.9. The molecule has 1 N–H and O–H groups in total. The van der Waals surface area contributed by atoms with Crippen LogP contribution >= 0.6 is 0 Å². The molecule has 0 bridgehead atoms. The van der Waals surface area contributed by atoms with Crippen molar-refractivity contribution in [3.8, 4) is 0 Å². The average Bonchev–Trinajstić information content (AvgIpc) is 2.88. The van der Waals surface area contributed by atoms with E-state index >= 15 is 0 Å². The fraction of sp³-hybridized carbons (Fsp3) is 0. The van der Waals surface area contributed by atoms with Crippen LogP contribution in [0.5, 0.6) is 0 Å². The zero-order valence-corrected chi connectivity index (χ0v) is 18.5. The lowest BCUT2D eigenvalue weighted by atomic mass is 10.1. The molecule has 0 aromatic heterocycles. The van der Waals surface area contributed by atoms with Crippen molar-refractivity contribution in [2.45, 2.75) is 0 Å². The van der Waals surface area contributed by atoms with Crippen LogP contribution in [0, 0.1) is 0 Å². The Morgan fingerprint density at radius 3 is 0.970 bits per heavy atom. The number of hydrogen-bond acceptors (Lipinski definition) is 1. The molecule has 0 aliphatic carbocycles. The summed E-state index contributed by atoms with van der Waals surface area (Å²) in [6.07, 6.45) is 16.7. The van der Waals surface area contributed by atoms with Crippen molar-refractivity contribution >= 4 is 35.7 Å². The molecule has 0 unspecified atom stereocenters. The second-order valence-electron chi connectivity index (χ2n) is 7.63. The predicted molar refractivity (Wildman–Crippen MR) is 145 cm³/mol. The van der Waals surface area contributed by atoms with E-state index in [2.05, 4.69) is 127 Å². The maximum Gasteiger partial charge on any atom is 0.0384 e. The highest BCUT2D eigenvalue weighted by Crippen LogP contribution is 2.19. The van der Waals surface area contributed by atoms with Gasteiger partial charge in [0.2, 0.25) is 0 Å². The van der Waals surface area contributed by atoms with Gasteiger partial charge >= 0.3 is 0 Å². The van der Waals surface area contributed by atoms with Gasteiger partial charge in [-0.3, -0.25) is 0 Å². The standard InChI is InChI=1S/C32H27N/c1-3-11-27(12-4-1)15-7-9-17-29-19-23-31(24-20-29)33-32-25-21-30(22-26-32)18-10-8-16-28-13-5-2-6-14-28/h1-26,33H/b15-7+,16-8+,17-9+,18-10+. The first-order chi connectivity index (χ1) is 16.3. The molecule has 0 atom stereocenters. The first-order valence-corrected chi connectivity index (χ1v) is 11.1. The molecule has 1 heteroatoms. The molecule has 0 saturated heterocycles. The van der Waals surface area contributed by atoms with Gasteiger partial charge in [-0.2, -0.15) is 0 Å². The van der Waals surface area contributed by atoms with Gasteiger partial charge in [0.15, 0.2) is 0 Å². The topological polar surface area (TPSA) is 12.0 Å². The lowest BCUT2D eigenvalue weighted by molar-refractivity contribution is 1.53.